The van der Waals surface area contributed by atoms with Crippen molar-refractivity contribution >= 4 is 29.8 Å². The van der Waals surface area contributed by atoms with Crippen molar-refractivity contribution in [3.05, 3.63) is 58.6 Å². The third kappa shape index (κ3) is 4.72. The number of nitrogens with zero attached hydrogens (tertiary/aromatic N) is 1. The first-order chi connectivity index (χ1) is 12.7. The first-order valence-electron chi connectivity index (χ1n) is 8.37. The van der Waals surface area contributed by atoms with Gasteiger partial charge in [0.25, 0.3) is 5.91 Å². The lowest BCUT2D eigenvalue weighted by molar-refractivity contribution is -0.131. The zero-order valence-electron chi connectivity index (χ0n) is 15.5. The van der Waals surface area contributed by atoms with Gasteiger partial charge in [0.05, 0.1) is 6.34 Å². The van der Waals surface area contributed by atoms with Crippen LogP contribution in [0.5, 0.6) is 0 Å². The van der Waals surface area contributed by atoms with E-state index in [1.165, 1.54) is 14.0 Å². The van der Waals surface area contributed by atoms with Gasteiger partial charge in [0.2, 0.25) is 5.91 Å². The zero-order chi connectivity index (χ0) is 20.2. The lowest BCUT2D eigenvalue weighted by atomic mass is 9.88. The second kappa shape index (κ2) is 8.33. The summed E-state index contributed by atoms with van der Waals surface area (Å²) in [6.45, 7) is 3.44. The van der Waals surface area contributed by atoms with Gasteiger partial charge in [-0.1, -0.05) is 35.9 Å². The molecule has 0 aliphatic rings. The molecular weight excluding hydrogens is 364 g/mol. The number of halogens is 1. The Kier molecular flexibility index (Phi) is 6.36. The number of nitrogens with two attached hydrogens (primary N) is 1. The molecule has 6 nitrogen and oxygen atoms in total. The standard InChI is InChI=1S/C20H23ClN4O2/c1-13(26)24-11-15-7-8-17(21)10-18(15)14-5-4-6-16(9-14)20(2,23)19(27)25(3)12-22/h4-10,12,22H,11,23H2,1-3H3,(H,24,26). The molecule has 27 heavy (non-hydrogen) atoms. The van der Waals surface area contributed by atoms with Crippen LogP contribution in [-0.4, -0.2) is 30.1 Å². The summed E-state index contributed by atoms with van der Waals surface area (Å²) in [4.78, 5) is 24.9. The molecule has 0 saturated carbocycles. The van der Waals surface area contributed by atoms with Gasteiger partial charge in [-0.15, -0.1) is 0 Å². The van der Waals surface area contributed by atoms with E-state index in [1.54, 1.807) is 19.1 Å². The minimum atomic E-state index is -1.29. The van der Waals surface area contributed by atoms with E-state index in [1.807, 2.05) is 30.3 Å². The highest BCUT2D eigenvalue weighted by Crippen LogP contribution is 2.30. The molecule has 142 valence electrons. The number of hydrogen-bond donors (Lipinski definition) is 3. The third-order valence-electron chi connectivity index (χ3n) is 4.33. The van der Waals surface area contributed by atoms with Crippen molar-refractivity contribution in [3.8, 4) is 11.1 Å². The van der Waals surface area contributed by atoms with Crippen LogP contribution >= 0.6 is 11.6 Å². The maximum atomic E-state index is 12.5. The molecule has 0 spiro atoms. The van der Waals surface area contributed by atoms with Crippen LogP contribution < -0.4 is 11.1 Å². The van der Waals surface area contributed by atoms with Crippen molar-refractivity contribution in [2.45, 2.75) is 25.9 Å². The fourth-order valence-corrected chi connectivity index (χ4v) is 2.92. The number of carbonyl (C=O) groups is 2. The molecule has 7 heteroatoms. The molecule has 0 saturated heterocycles. The number of nitrogens with one attached hydrogen (secondary N) is 2. The van der Waals surface area contributed by atoms with Gasteiger partial charge in [-0.3, -0.25) is 15.0 Å². The van der Waals surface area contributed by atoms with Crippen molar-refractivity contribution in [1.82, 2.24) is 10.2 Å². The first kappa shape index (κ1) is 20.6. The average Bonchev–Trinajstić information content (AvgIpc) is 2.65. The molecule has 4 N–H and O–H groups in total. The SMILES string of the molecule is CC(=O)NCc1ccc(Cl)cc1-c1cccc(C(C)(N)C(=O)N(C)C=N)c1. The van der Waals surface area contributed by atoms with E-state index in [9.17, 15) is 9.59 Å². The van der Waals surface area contributed by atoms with E-state index in [4.69, 9.17) is 22.7 Å². The average molecular weight is 387 g/mol. The predicted octanol–water partition coefficient (Wildman–Crippen LogP) is 2.88. The largest absolute Gasteiger partial charge is 0.352 e. The quantitative estimate of drug-likeness (QED) is 0.525. The van der Waals surface area contributed by atoms with Crippen LogP contribution in [0.25, 0.3) is 11.1 Å². The molecule has 0 bridgehead atoms. The second-order valence-electron chi connectivity index (χ2n) is 6.54. The van der Waals surface area contributed by atoms with Gasteiger partial charge in [-0.2, -0.15) is 0 Å². The van der Waals surface area contributed by atoms with Gasteiger partial charge >= 0.3 is 0 Å². The van der Waals surface area contributed by atoms with Crippen molar-refractivity contribution in [2.75, 3.05) is 7.05 Å². The van der Waals surface area contributed by atoms with E-state index < -0.39 is 5.54 Å². The van der Waals surface area contributed by atoms with Crippen LogP contribution in [0.2, 0.25) is 5.02 Å². The number of amides is 2. The van der Waals surface area contributed by atoms with Gasteiger partial charge in [0.15, 0.2) is 0 Å². The number of rotatable bonds is 6. The molecule has 2 aromatic rings. The van der Waals surface area contributed by atoms with Crippen LogP contribution in [0.15, 0.2) is 42.5 Å². The van der Waals surface area contributed by atoms with Crippen LogP contribution in [-0.2, 0) is 21.7 Å². The van der Waals surface area contributed by atoms with Crippen molar-refractivity contribution in [1.29, 1.82) is 5.41 Å². The topological polar surface area (TPSA) is 99.3 Å². The molecule has 0 heterocycles. The van der Waals surface area contributed by atoms with E-state index in [-0.39, 0.29) is 11.8 Å². The van der Waals surface area contributed by atoms with Crippen molar-refractivity contribution in [3.63, 3.8) is 0 Å². The fraction of sp³-hybridized carbons (Fsp3) is 0.250. The third-order valence-corrected chi connectivity index (χ3v) is 4.57. The van der Waals surface area contributed by atoms with Gasteiger partial charge in [0, 0.05) is 25.5 Å². The molecule has 1 unspecified atom stereocenters. The van der Waals surface area contributed by atoms with Crippen molar-refractivity contribution in [2.24, 2.45) is 5.73 Å². The van der Waals surface area contributed by atoms with Gasteiger partial charge in [0.1, 0.15) is 5.54 Å². The van der Waals surface area contributed by atoms with E-state index in [0.717, 1.165) is 27.9 Å². The molecule has 0 aliphatic heterocycles. The monoisotopic (exact) mass is 386 g/mol. The van der Waals surface area contributed by atoms with Crippen LogP contribution in [0.1, 0.15) is 25.0 Å². The second-order valence-corrected chi connectivity index (χ2v) is 6.98. The summed E-state index contributed by atoms with van der Waals surface area (Å²) in [6, 6.07) is 12.8. The van der Waals surface area contributed by atoms with Gasteiger partial charge < -0.3 is 16.0 Å². The number of hydrogen-bond acceptors (Lipinski definition) is 4. The van der Waals surface area contributed by atoms with E-state index in [2.05, 4.69) is 5.32 Å². The summed E-state index contributed by atoms with van der Waals surface area (Å²) < 4.78 is 0. The number of carbonyl (C=O) groups excluding carboxylic acids is 2. The van der Waals surface area contributed by atoms with Gasteiger partial charge in [-0.05, 0) is 47.4 Å². The van der Waals surface area contributed by atoms with Crippen LogP contribution in [0, 0.1) is 5.41 Å². The zero-order valence-corrected chi connectivity index (χ0v) is 16.3. The summed E-state index contributed by atoms with van der Waals surface area (Å²) in [5, 5.41) is 10.6. The molecule has 2 amide bonds. The molecule has 2 rings (SSSR count). The van der Waals surface area contributed by atoms with Crippen LogP contribution in [0.3, 0.4) is 0 Å². The molecule has 0 aliphatic carbocycles. The summed E-state index contributed by atoms with van der Waals surface area (Å²) in [7, 11) is 1.49. The minimum Gasteiger partial charge on any atom is -0.352 e. The lowest BCUT2D eigenvalue weighted by Crippen LogP contribution is -2.49. The number of benzene rings is 2. The summed E-state index contributed by atoms with van der Waals surface area (Å²) in [5.74, 6) is -0.515. The molecule has 2 aromatic carbocycles. The first-order valence-corrected chi connectivity index (χ1v) is 8.75. The molecule has 0 fully saturated rings. The van der Waals surface area contributed by atoms with Crippen LogP contribution in [0.4, 0.5) is 0 Å². The number of likely N-dealkylation sites (N-methyl/N-ethyl adjacent to an activating group) is 1. The Morgan fingerprint density at radius 2 is 2.00 bits per heavy atom. The van der Waals surface area contributed by atoms with E-state index >= 15 is 0 Å². The summed E-state index contributed by atoms with van der Waals surface area (Å²) in [5.41, 5.74) is 8.19. The Morgan fingerprint density at radius 3 is 2.63 bits per heavy atom. The fourth-order valence-electron chi connectivity index (χ4n) is 2.75. The Balaban J connectivity index is 2.49. The summed E-state index contributed by atoms with van der Waals surface area (Å²) in [6.07, 6.45) is 0.930. The Labute approximate surface area is 163 Å². The maximum absolute atomic E-state index is 12.5. The summed E-state index contributed by atoms with van der Waals surface area (Å²) >= 11 is 6.17. The Bertz CT molecular complexity index is 880. The highest BCUT2D eigenvalue weighted by molar-refractivity contribution is 6.30. The van der Waals surface area contributed by atoms with Crippen molar-refractivity contribution < 1.29 is 9.59 Å². The Morgan fingerprint density at radius 1 is 1.30 bits per heavy atom. The highest BCUT2D eigenvalue weighted by Gasteiger charge is 2.33. The lowest BCUT2D eigenvalue weighted by Gasteiger charge is -2.27. The molecule has 1 atom stereocenters. The van der Waals surface area contributed by atoms with E-state index in [0.29, 0.717) is 17.1 Å². The van der Waals surface area contributed by atoms with Gasteiger partial charge in [-0.25, -0.2) is 0 Å². The molecule has 0 aromatic heterocycles. The molecular formula is C20H23ClN4O2. The smallest absolute Gasteiger partial charge is 0.251 e. The normalized spacial score (nSPS) is 12.8. The molecule has 0 radical (unpaired) electrons. The minimum absolute atomic E-state index is 0.125. The highest BCUT2D eigenvalue weighted by atomic mass is 35.5. The maximum Gasteiger partial charge on any atom is 0.251 e. The predicted molar refractivity (Wildman–Crippen MR) is 108 cm³/mol. The Hall–Kier alpha value is -2.70.